The van der Waals surface area contributed by atoms with Crippen LogP contribution in [0.25, 0.3) is 0 Å². The van der Waals surface area contributed by atoms with Crippen LogP contribution in [0.2, 0.25) is 0 Å². The monoisotopic (exact) mass is 230 g/mol. The molecule has 0 aliphatic carbocycles. The standard InChI is InChI=1S/C13H18N4/c1-10-15-9-12(3-6-14)13(16-10)11-4-7-17(2)8-5-11/h9,11H,3-5,7-8H2,1-2H3. The number of likely N-dealkylation sites (tertiary alicyclic amines) is 1. The largest absolute Gasteiger partial charge is 0.306 e. The van der Waals surface area contributed by atoms with E-state index in [9.17, 15) is 0 Å². The Morgan fingerprint density at radius 1 is 1.47 bits per heavy atom. The molecule has 1 saturated heterocycles. The van der Waals surface area contributed by atoms with Gasteiger partial charge in [-0.15, -0.1) is 0 Å². The zero-order chi connectivity index (χ0) is 12.3. The van der Waals surface area contributed by atoms with E-state index in [0.29, 0.717) is 12.3 Å². The summed E-state index contributed by atoms with van der Waals surface area (Å²) in [4.78, 5) is 11.1. The fraction of sp³-hybridized carbons (Fsp3) is 0.615. The number of nitriles is 1. The number of hydrogen-bond donors (Lipinski definition) is 0. The number of hydrogen-bond acceptors (Lipinski definition) is 4. The van der Waals surface area contributed by atoms with Crippen LogP contribution in [0.1, 0.15) is 35.8 Å². The number of aromatic nitrogens is 2. The highest BCUT2D eigenvalue weighted by molar-refractivity contribution is 5.25. The van der Waals surface area contributed by atoms with E-state index >= 15 is 0 Å². The maximum absolute atomic E-state index is 8.84. The first-order valence-electron chi connectivity index (χ1n) is 6.08. The molecule has 0 saturated carbocycles. The summed E-state index contributed by atoms with van der Waals surface area (Å²) >= 11 is 0. The molecule has 0 spiro atoms. The molecule has 0 unspecified atom stereocenters. The second kappa shape index (κ2) is 5.24. The van der Waals surface area contributed by atoms with Crippen molar-refractivity contribution in [1.29, 1.82) is 5.26 Å². The maximum Gasteiger partial charge on any atom is 0.125 e. The molecule has 1 aliphatic heterocycles. The number of piperidine rings is 1. The average Bonchev–Trinajstić information content (AvgIpc) is 2.33. The fourth-order valence-electron chi connectivity index (χ4n) is 2.37. The van der Waals surface area contributed by atoms with Gasteiger partial charge in [0.25, 0.3) is 0 Å². The third kappa shape index (κ3) is 2.80. The molecule has 1 aliphatic rings. The summed E-state index contributed by atoms with van der Waals surface area (Å²) in [6.45, 7) is 4.13. The average molecular weight is 230 g/mol. The van der Waals surface area contributed by atoms with Gasteiger partial charge in [0.15, 0.2) is 0 Å². The van der Waals surface area contributed by atoms with Crippen LogP contribution in [0.15, 0.2) is 6.20 Å². The van der Waals surface area contributed by atoms with E-state index in [1.165, 1.54) is 0 Å². The van der Waals surface area contributed by atoms with Gasteiger partial charge < -0.3 is 4.90 Å². The molecule has 2 heterocycles. The van der Waals surface area contributed by atoms with E-state index in [4.69, 9.17) is 5.26 Å². The molecule has 0 bridgehead atoms. The summed E-state index contributed by atoms with van der Waals surface area (Å²) in [6.07, 6.45) is 4.50. The first-order chi connectivity index (χ1) is 8.20. The summed E-state index contributed by atoms with van der Waals surface area (Å²) in [5.41, 5.74) is 2.11. The minimum absolute atomic E-state index is 0.419. The van der Waals surface area contributed by atoms with Gasteiger partial charge in [0.05, 0.1) is 18.2 Å². The van der Waals surface area contributed by atoms with Crippen molar-refractivity contribution in [1.82, 2.24) is 14.9 Å². The summed E-state index contributed by atoms with van der Waals surface area (Å²) in [5.74, 6) is 1.30. The molecule has 0 radical (unpaired) electrons. The van der Waals surface area contributed by atoms with Crippen molar-refractivity contribution in [3.8, 4) is 6.07 Å². The lowest BCUT2D eigenvalue weighted by atomic mass is 9.90. The van der Waals surface area contributed by atoms with Crippen LogP contribution < -0.4 is 0 Å². The smallest absolute Gasteiger partial charge is 0.125 e. The lowest BCUT2D eigenvalue weighted by molar-refractivity contribution is 0.252. The van der Waals surface area contributed by atoms with Gasteiger partial charge in [0, 0.05) is 17.7 Å². The van der Waals surface area contributed by atoms with Crippen molar-refractivity contribution in [3.05, 3.63) is 23.3 Å². The molecule has 0 atom stereocenters. The Morgan fingerprint density at radius 2 is 2.18 bits per heavy atom. The fourth-order valence-corrected chi connectivity index (χ4v) is 2.37. The van der Waals surface area contributed by atoms with Gasteiger partial charge in [-0.1, -0.05) is 0 Å². The van der Waals surface area contributed by atoms with Crippen LogP contribution >= 0.6 is 0 Å². The van der Waals surface area contributed by atoms with Crippen molar-refractivity contribution >= 4 is 0 Å². The van der Waals surface area contributed by atoms with Crippen molar-refractivity contribution in [2.45, 2.75) is 32.1 Å². The Morgan fingerprint density at radius 3 is 2.82 bits per heavy atom. The molecule has 4 nitrogen and oxygen atoms in total. The second-order valence-corrected chi connectivity index (χ2v) is 4.74. The maximum atomic E-state index is 8.84. The van der Waals surface area contributed by atoms with Crippen LogP contribution in [0.5, 0.6) is 0 Å². The number of aryl methyl sites for hydroxylation is 1. The molecule has 4 heteroatoms. The Hall–Kier alpha value is -1.47. The van der Waals surface area contributed by atoms with Gasteiger partial charge in [-0.25, -0.2) is 9.97 Å². The summed E-state index contributed by atoms with van der Waals surface area (Å²) in [5, 5.41) is 8.84. The van der Waals surface area contributed by atoms with E-state index in [2.05, 4.69) is 28.0 Å². The van der Waals surface area contributed by atoms with E-state index in [1.54, 1.807) is 0 Å². The predicted octanol–water partition coefficient (Wildman–Crippen LogP) is 1.66. The molecule has 1 aromatic heterocycles. The molecule has 1 aromatic rings. The van der Waals surface area contributed by atoms with E-state index in [1.807, 2.05) is 13.1 Å². The van der Waals surface area contributed by atoms with Crippen LogP contribution in [0.3, 0.4) is 0 Å². The Labute approximate surface area is 102 Å². The highest BCUT2D eigenvalue weighted by Gasteiger charge is 2.22. The SMILES string of the molecule is Cc1ncc(CC#N)c(C2CCN(C)CC2)n1. The van der Waals surface area contributed by atoms with E-state index < -0.39 is 0 Å². The Bertz CT molecular complexity index is 428. The molecular formula is C13H18N4. The van der Waals surface area contributed by atoms with Crippen molar-refractivity contribution < 1.29 is 0 Å². The Kier molecular flexibility index (Phi) is 3.70. The summed E-state index contributed by atoms with van der Waals surface area (Å²) < 4.78 is 0. The van der Waals surface area contributed by atoms with Gasteiger partial charge in [-0.05, 0) is 39.9 Å². The number of nitrogens with zero attached hydrogens (tertiary/aromatic N) is 4. The van der Waals surface area contributed by atoms with Gasteiger partial charge >= 0.3 is 0 Å². The number of rotatable bonds is 2. The first kappa shape index (κ1) is 12.0. The van der Waals surface area contributed by atoms with E-state index in [-0.39, 0.29) is 0 Å². The summed E-state index contributed by atoms with van der Waals surface area (Å²) in [7, 11) is 2.15. The molecule has 0 amide bonds. The lowest BCUT2D eigenvalue weighted by Crippen LogP contribution is -2.30. The zero-order valence-corrected chi connectivity index (χ0v) is 10.5. The van der Waals surface area contributed by atoms with Crippen LogP contribution in [0, 0.1) is 18.3 Å². The van der Waals surface area contributed by atoms with Gasteiger partial charge in [0.2, 0.25) is 0 Å². The van der Waals surface area contributed by atoms with Gasteiger partial charge in [-0.3, -0.25) is 0 Å². The third-order valence-corrected chi connectivity index (χ3v) is 3.39. The van der Waals surface area contributed by atoms with Crippen LogP contribution in [0.4, 0.5) is 0 Å². The quantitative estimate of drug-likeness (QED) is 0.775. The van der Waals surface area contributed by atoms with Crippen molar-refractivity contribution in [2.24, 2.45) is 0 Å². The van der Waals surface area contributed by atoms with Crippen LogP contribution in [-0.2, 0) is 6.42 Å². The molecule has 0 N–H and O–H groups in total. The minimum atomic E-state index is 0.419. The zero-order valence-electron chi connectivity index (χ0n) is 10.5. The summed E-state index contributed by atoms with van der Waals surface area (Å²) in [6, 6.07) is 2.20. The molecule has 17 heavy (non-hydrogen) atoms. The lowest BCUT2D eigenvalue weighted by Gasteiger charge is -2.29. The topological polar surface area (TPSA) is 52.8 Å². The normalized spacial score (nSPS) is 17.9. The molecular weight excluding hydrogens is 212 g/mol. The van der Waals surface area contributed by atoms with E-state index in [0.717, 1.165) is 43.0 Å². The van der Waals surface area contributed by atoms with Gasteiger partial charge in [-0.2, -0.15) is 5.26 Å². The van der Waals surface area contributed by atoms with Crippen molar-refractivity contribution in [2.75, 3.05) is 20.1 Å². The molecule has 0 aromatic carbocycles. The Balaban J connectivity index is 2.24. The predicted molar refractivity (Wildman–Crippen MR) is 65.6 cm³/mol. The highest BCUT2D eigenvalue weighted by atomic mass is 15.1. The third-order valence-electron chi connectivity index (χ3n) is 3.39. The van der Waals surface area contributed by atoms with Gasteiger partial charge in [0.1, 0.15) is 5.82 Å². The highest BCUT2D eigenvalue weighted by Crippen LogP contribution is 2.28. The minimum Gasteiger partial charge on any atom is -0.306 e. The second-order valence-electron chi connectivity index (χ2n) is 4.74. The molecule has 2 rings (SSSR count). The first-order valence-corrected chi connectivity index (χ1v) is 6.08. The molecule has 90 valence electrons. The van der Waals surface area contributed by atoms with Crippen LogP contribution in [-0.4, -0.2) is 35.0 Å². The van der Waals surface area contributed by atoms with Crippen molar-refractivity contribution in [3.63, 3.8) is 0 Å². The molecule has 1 fully saturated rings.